The van der Waals surface area contributed by atoms with Crippen molar-refractivity contribution in [3.8, 4) is 0 Å². The van der Waals surface area contributed by atoms with E-state index in [1.807, 2.05) is 52.0 Å². The molecule has 6 nitrogen and oxygen atoms in total. The van der Waals surface area contributed by atoms with E-state index in [1.165, 1.54) is 10.4 Å². The maximum absolute atomic E-state index is 12.7. The third-order valence-corrected chi connectivity index (χ3v) is 6.84. The van der Waals surface area contributed by atoms with Gasteiger partial charge in [-0.3, -0.25) is 20.1 Å². The molecule has 0 saturated heterocycles. The van der Waals surface area contributed by atoms with Crippen LogP contribution in [0.1, 0.15) is 55.7 Å². The average Bonchev–Trinajstić information content (AvgIpc) is 3.14. The molecule has 31 heavy (non-hydrogen) atoms. The van der Waals surface area contributed by atoms with Crippen LogP contribution in [0.15, 0.2) is 34.4 Å². The number of hydrazone groups is 1. The van der Waals surface area contributed by atoms with Gasteiger partial charge in [0.2, 0.25) is 0 Å². The highest BCUT2D eigenvalue weighted by molar-refractivity contribution is 7.17. The lowest BCUT2D eigenvalue weighted by molar-refractivity contribution is -0.155. The van der Waals surface area contributed by atoms with Gasteiger partial charge in [0.1, 0.15) is 28.6 Å². The average molecular weight is 459 g/mol. The summed E-state index contributed by atoms with van der Waals surface area (Å²) in [6, 6.07) is 7.32. The summed E-state index contributed by atoms with van der Waals surface area (Å²) in [6.45, 7) is 11.8. The molecule has 2 aliphatic rings. The first-order valence-corrected chi connectivity index (χ1v) is 11.5. The Bertz CT molecular complexity index is 1080. The van der Waals surface area contributed by atoms with Crippen molar-refractivity contribution in [1.29, 1.82) is 0 Å². The standard InChI is InChI=1S/C23H27ClN4O2S/c1-12-13(2)31-22-19(12)20(15-7-9-16(24)10-8-15)25-17(11-18(29)30-23(4,5)6)21-27-26-14(3)28(21)22/h7-10,17,21,27H,11H2,1-6H3. The predicted molar refractivity (Wildman–Crippen MR) is 128 cm³/mol. The zero-order chi connectivity index (χ0) is 22.5. The summed E-state index contributed by atoms with van der Waals surface area (Å²) < 4.78 is 5.61. The molecule has 8 heteroatoms. The molecule has 4 rings (SSSR count). The molecular weight excluding hydrogens is 432 g/mol. The highest BCUT2D eigenvalue weighted by atomic mass is 35.5. The van der Waals surface area contributed by atoms with E-state index in [9.17, 15) is 4.79 Å². The van der Waals surface area contributed by atoms with Crippen LogP contribution in [0.5, 0.6) is 0 Å². The van der Waals surface area contributed by atoms with Gasteiger partial charge in [0.25, 0.3) is 0 Å². The number of hydrogen-bond acceptors (Lipinski definition) is 7. The number of hydrogen-bond donors (Lipinski definition) is 1. The van der Waals surface area contributed by atoms with Gasteiger partial charge < -0.3 is 4.74 Å². The van der Waals surface area contributed by atoms with Crippen molar-refractivity contribution in [2.45, 2.75) is 65.8 Å². The van der Waals surface area contributed by atoms with Gasteiger partial charge in [0, 0.05) is 21.0 Å². The lowest BCUT2D eigenvalue weighted by Crippen LogP contribution is -2.47. The molecule has 0 amide bonds. The van der Waals surface area contributed by atoms with E-state index in [2.05, 4.69) is 29.3 Å². The van der Waals surface area contributed by atoms with Crippen LogP contribution in [-0.4, -0.2) is 35.3 Å². The van der Waals surface area contributed by atoms with Crippen LogP contribution in [0.4, 0.5) is 5.00 Å². The van der Waals surface area contributed by atoms with Crippen LogP contribution in [0.3, 0.4) is 0 Å². The van der Waals surface area contributed by atoms with E-state index in [1.54, 1.807) is 11.3 Å². The lowest BCUT2D eigenvalue weighted by Gasteiger charge is -2.28. The second-order valence-corrected chi connectivity index (χ2v) is 10.5. The third kappa shape index (κ3) is 4.21. The van der Waals surface area contributed by atoms with Crippen molar-refractivity contribution in [3.05, 3.63) is 50.9 Å². The van der Waals surface area contributed by atoms with Gasteiger partial charge in [-0.15, -0.1) is 11.3 Å². The number of thiophene rings is 1. The number of halogens is 1. The first kappa shape index (κ1) is 21.8. The zero-order valence-corrected chi connectivity index (χ0v) is 20.2. The molecule has 0 fully saturated rings. The summed E-state index contributed by atoms with van der Waals surface area (Å²) in [6.07, 6.45) is -0.105. The predicted octanol–water partition coefficient (Wildman–Crippen LogP) is 5.04. The maximum atomic E-state index is 12.7. The van der Waals surface area contributed by atoms with Crippen LogP contribution < -0.4 is 10.3 Å². The van der Waals surface area contributed by atoms with Crippen molar-refractivity contribution < 1.29 is 9.53 Å². The largest absolute Gasteiger partial charge is 0.460 e. The molecule has 1 N–H and O–H groups in total. The van der Waals surface area contributed by atoms with E-state index >= 15 is 0 Å². The summed E-state index contributed by atoms with van der Waals surface area (Å²) in [5, 5.41) is 6.22. The first-order chi connectivity index (χ1) is 14.5. The molecule has 3 heterocycles. The minimum Gasteiger partial charge on any atom is -0.460 e. The van der Waals surface area contributed by atoms with Crippen molar-refractivity contribution in [1.82, 2.24) is 5.43 Å². The highest BCUT2D eigenvalue weighted by Crippen LogP contribution is 2.42. The molecule has 2 unspecified atom stereocenters. The Morgan fingerprint density at radius 2 is 1.90 bits per heavy atom. The van der Waals surface area contributed by atoms with E-state index in [-0.39, 0.29) is 24.6 Å². The molecule has 164 valence electrons. The fraction of sp³-hybridized carbons (Fsp3) is 0.435. The molecule has 0 aliphatic carbocycles. The summed E-state index contributed by atoms with van der Waals surface area (Å²) in [7, 11) is 0. The Hall–Kier alpha value is -2.38. The normalized spacial score (nSPS) is 20.3. The number of anilines is 1. The van der Waals surface area contributed by atoms with Gasteiger partial charge in [-0.2, -0.15) is 5.10 Å². The summed E-state index contributed by atoms with van der Waals surface area (Å²) >= 11 is 7.87. The minimum absolute atomic E-state index is 0.151. The number of esters is 1. The van der Waals surface area contributed by atoms with Crippen LogP contribution >= 0.6 is 22.9 Å². The number of nitrogens with one attached hydrogen (secondary N) is 1. The molecule has 1 aromatic carbocycles. The molecular formula is C23H27ClN4O2S. The smallest absolute Gasteiger partial charge is 0.308 e. The number of ether oxygens (including phenoxy) is 1. The second kappa shape index (κ2) is 7.95. The van der Waals surface area contributed by atoms with E-state index < -0.39 is 5.60 Å². The van der Waals surface area contributed by atoms with Crippen LogP contribution in [0, 0.1) is 13.8 Å². The maximum Gasteiger partial charge on any atom is 0.308 e. The van der Waals surface area contributed by atoms with Gasteiger partial charge in [0.05, 0.1) is 12.1 Å². The number of rotatable bonds is 3. The van der Waals surface area contributed by atoms with E-state index in [0.717, 1.165) is 27.7 Å². The molecule has 0 radical (unpaired) electrons. The van der Waals surface area contributed by atoms with Gasteiger partial charge in [-0.1, -0.05) is 23.7 Å². The lowest BCUT2D eigenvalue weighted by atomic mass is 9.99. The van der Waals surface area contributed by atoms with Crippen molar-refractivity contribution in [3.63, 3.8) is 0 Å². The Kier molecular flexibility index (Phi) is 5.60. The topological polar surface area (TPSA) is 66.3 Å². The molecule has 0 bridgehead atoms. The van der Waals surface area contributed by atoms with Crippen LogP contribution in [-0.2, 0) is 9.53 Å². The van der Waals surface area contributed by atoms with Crippen molar-refractivity contribution in [2.24, 2.45) is 10.1 Å². The second-order valence-electron chi connectivity index (χ2n) is 8.91. The van der Waals surface area contributed by atoms with Crippen molar-refractivity contribution >= 4 is 45.5 Å². The zero-order valence-electron chi connectivity index (χ0n) is 18.6. The number of aryl methyl sites for hydroxylation is 1. The van der Waals surface area contributed by atoms with Crippen LogP contribution in [0.2, 0.25) is 5.02 Å². The number of carbonyl (C=O) groups is 1. The highest BCUT2D eigenvalue weighted by Gasteiger charge is 2.41. The number of benzene rings is 1. The molecule has 2 atom stereocenters. The molecule has 0 saturated carbocycles. The fourth-order valence-electron chi connectivity index (χ4n) is 3.90. The summed E-state index contributed by atoms with van der Waals surface area (Å²) in [5.41, 5.74) is 6.76. The van der Waals surface area contributed by atoms with Gasteiger partial charge in [0.15, 0.2) is 0 Å². The van der Waals surface area contributed by atoms with E-state index in [0.29, 0.717) is 5.02 Å². The molecule has 0 spiro atoms. The molecule has 2 aromatic rings. The number of fused-ring (bicyclic) bond motifs is 3. The number of nitrogens with zero attached hydrogens (tertiary/aromatic N) is 3. The third-order valence-electron chi connectivity index (χ3n) is 5.38. The van der Waals surface area contributed by atoms with Gasteiger partial charge in [-0.25, -0.2) is 0 Å². The number of aliphatic imine (C=N–C) groups is 1. The van der Waals surface area contributed by atoms with Gasteiger partial charge >= 0.3 is 5.97 Å². The first-order valence-electron chi connectivity index (χ1n) is 10.3. The van der Waals surface area contributed by atoms with Crippen molar-refractivity contribution in [2.75, 3.05) is 4.90 Å². The summed E-state index contributed by atoms with van der Waals surface area (Å²) in [5.74, 6) is 0.579. The Morgan fingerprint density at radius 3 is 2.55 bits per heavy atom. The SMILES string of the molecule is CC1=NNC2C(CC(=O)OC(C)(C)C)N=C(c3ccc(Cl)cc3)c3c(sc(C)c3C)N12. The number of amidine groups is 1. The molecule has 1 aromatic heterocycles. The Balaban J connectivity index is 1.85. The Morgan fingerprint density at radius 1 is 1.23 bits per heavy atom. The quantitative estimate of drug-likeness (QED) is 0.654. The van der Waals surface area contributed by atoms with Gasteiger partial charge in [-0.05, 0) is 59.2 Å². The Labute approximate surface area is 192 Å². The summed E-state index contributed by atoms with van der Waals surface area (Å²) in [4.78, 5) is 21.3. The van der Waals surface area contributed by atoms with Crippen LogP contribution in [0.25, 0.3) is 0 Å². The fourth-order valence-corrected chi connectivity index (χ4v) is 5.27. The number of carbonyl (C=O) groups excluding carboxylic acids is 1. The minimum atomic E-state index is -0.550. The van der Waals surface area contributed by atoms with E-state index in [4.69, 9.17) is 21.3 Å². The molecule has 2 aliphatic heterocycles. The monoisotopic (exact) mass is 458 g/mol.